The summed E-state index contributed by atoms with van der Waals surface area (Å²) in [4.78, 5) is 32.0. The summed E-state index contributed by atoms with van der Waals surface area (Å²) in [5.41, 5.74) is 1.09. The van der Waals surface area contributed by atoms with Crippen molar-refractivity contribution in [2.24, 2.45) is 5.92 Å². The molecule has 0 atom stereocenters. The molecule has 1 aromatic carbocycles. The number of piperazine rings is 1. The van der Waals surface area contributed by atoms with Crippen LogP contribution in [-0.4, -0.2) is 85.5 Å². The standard InChI is InChI=1S/C26H39ClN4O3/c1-34-24-8-7-22(27)17-21(24)18-29-13-15-30(16-14-29)19-25(32)28-23-9-11-31(12-10-23)26(33)20-5-3-2-4-6-20/h7-8,17,20,23H,2-6,9-16,18-19H2,1H3,(H,28,32). The van der Waals surface area contributed by atoms with Crippen molar-refractivity contribution in [3.8, 4) is 5.75 Å². The smallest absolute Gasteiger partial charge is 0.234 e. The first-order valence-corrected chi connectivity index (χ1v) is 13.2. The van der Waals surface area contributed by atoms with Crippen molar-refractivity contribution in [3.05, 3.63) is 28.8 Å². The van der Waals surface area contributed by atoms with Gasteiger partial charge in [0.05, 0.1) is 13.7 Å². The van der Waals surface area contributed by atoms with Crippen molar-refractivity contribution in [1.29, 1.82) is 0 Å². The van der Waals surface area contributed by atoms with Crippen LogP contribution in [0.25, 0.3) is 0 Å². The van der Waals surface area contributed by atoms with Gasteiger partial charge in [-0.15, -0.1) is 0 Å². The normalized spacial score (nSPS) is 21.4. The summed E-state index contributed by atoms with van der Waals surface area (Å²) in [6.07, 6.45) is 7.46. The van der Waals surface area contributed by atoms with E-state index in [1.165, 1.54) is 19.3 Å². The molecule has 3 aliphatic rings. The highest BCUT2D eigenvalue weighted by atomic mass is 35.5. The molecular weight excluding hydrogens is 452 g/mol. The van der Waals surface area contributed by atoms with Gasteiger partial charge in [-0.2, -0.15) is 0 Å². The third kappa shape index (κ3) is 6.86. The number of rotatable bonds is 7. The van der Waals surface area contributed by atoms with E-state index in [4.69, 9.17) is 16.3 Å². The number of hydrogen-bond donors (Lipinski definition) is 1. The van der Waals surface area contributed by atoms with Gasteiger partial charge in [-0.05, 0) is 43.9 Å². The zero-order valence-corrected chi connectivity index (χ0v) is 21.2. The van der Waals surface area contributed by atoms with Crippen LogP contribution in [0.4, 0.5) is 0 Å². The molecule has 1 saturated carbocycles. The van der Waals surface area contributed by atoms with Crippen molar-refractivity contribution in [2.45, 2.75) is 57.5 Å². The zero-order chi connectivity index (χ0) is 23.9. The summed E-state index contributed by atoms with van der Waals surface area (Å²) in [6.45, 7) is 6.32. The maximum atomic E-state index is 12.8. The highest BCUT2D eigenvalue weighted by molar-refractivity contribution is 6.30. The second-order valence-electron chi connectivity index (χ2n) is 10.0. The van der Waals surface area contributed by atoms with Gasteiger partial charge in [-0.25, -0.2) is 0 Å². The Bertz CT molecular complexity index is 829. The summed E-state index contributed by atoms with van der Waals surface area (Å²) in [7, 11) is 1.68. The van der Waals surface area contributed by atoms with Gasteiger partial charge in [0.2, 0.25) is 11.8 Å². The lowest BCUT2D eigenvalue weighted by Gasteiger charge is -2.36. The van der Waals surface area contributed by atoms with Crippen molar-refractivity contribution in [3.63, 3.8) is 0 Å². The lowest BCUT2D eigenvalue weighted by molar-refractivity contribution is -0.137. The summed E-state index contributed by atoms with van der Waals surface area (Å²) < 4.78 is 5.47. The molecule has 4 rings (SSSR count). The topological polar surface area (TPSA) is 65.1 Å². The van der Waals surface area contributed by atoms with Crippen LogP contribution in [0.5, 0.6) is 5.75 Å². The van der Waals surface area contributed by atoms with E-state index in [9.17, 15) is 9.59 Å². The largest absolute Gasteiger partial charge is 0.496 e. The lowest BCUT2D eigenvalue weighted by atomic mass is 9.87. The summed E-state index contributed by atoms with van der Waals surface area (Å²) in [5.74, 6) is 1.54. The van der Waals surface area contributed by atoms with Crippen molar-refractivity contribution < 1.29 is 14.3 Å². The van der Waals surface area contributed by atoms with Crippen LogP contribution in [0.1, 0.15) is 50.5 Å². The molecule has 1 aliphatic carbocycles. The number of carbonyl (C=O) groups is 2. The molecule has 1 aromatic rings. The molecule has 0 bridgehead atoms. The molecule has 3 fully saturated rings. The van der Waals surface area contributed by atoms with Crippen molar-refractivity contribution in [2.75, 3.05) is 52.9 Å². The van der Waals surface area contributed by atoms with E-state index in [0.717, 1.165) is 87.8 Å². The predicted molar refractivity (Wildman–Crippen MR) is 134 cm³/mol. The Morgan fingerprint density at radius 2 is 1.65 bits per heavy atom. The number of carbonyl (C=O) groups excluding carboxylic acids is 2. The molecule has 188 valence electrons. The number of hydrogen-bond acceptors (Lipinski definition) is 5. The fraction of sp³-hybridized carbons (Fsp3) is 0.692. The number of piperidine rings is 1. The van der Waals surface area contributed by atoms with Gasteiger partial charge >= 0.3 is 0 Å². The molecule has 1 N–H and O–H groups in total. The van der Waals surface area contributed by atoms with E-state index >= 15 is 0 Å². The highest BCUT2D eigenvalue weighted by Crippen LogP contribution is 2.27. The van der Waals surface area contributed by atoms with Gasteiger partial charge in [0, 0.05) is 68.4 Å². The molecule has 2 saturated heterocycles. The Labute approximate surface area is 208 Å². The Balaban J connectivity index is 1.15. The highest BCUT2D eigenvalue weighted by Gasteiger charge is 2.30. The molecule has 0 spiro atoms. The summed E-state index contributed by atoms with van der Waals surface area (Å²) in [6, 6.07) is 5.90. The van der Waals surface area contributed by atoms with Gasteiger partial charge in [0.15, 0.2) is 0 Å². The van der Waals surface area contributed by atoms with E-state index in [2.05, 4.69) is 15.1 Å². The third-order valence-corrected chi connectivity index (χ3v) is 7.83. The number of benzene rings is 1. The monoisotopic (exact) mass is 490 g/mol. The average Bonchev–Trinajstić information content (AvgIpc) is 2.86. The Morgan fingerprint density at radius 3 is 2.32 bits per heavy atom. The third-order valence-electron chi connectivity index (χ3n) is 7.59. The van der Waals surface area contributed by atoms with E-state index in [-0.39, 0.29) is 17.9 Å². The molecule has 0 unspecified atom stereocenters. The Hall–Kier alpha value is -1.83. The maximum absolute atomic E-state index is 12.8. The first-order valence-electron chi connectivity index (χ1n) is 12.9. The molecule has 2 aliphatic heterocycles. The summed E-state index contributed by atoms with van der Waals surface area (Å²) in [5, 5.41) is 3.93. The van der Waals surface area contributed by atoms with Gasteiger partial charge in [-0.1, -0.05) is 30.9 Å². The number of nitrogens with one attached hydrogen (secondary N) is 1. The van der Waals surface area contributed by atoms with Gasteiger partial charge in [0.1, 0.15) is 5.75 Å². The molecule has 7 nitrogen and oxygen atoms in total. The molecule has 2 amide bonds. The molecule has 0 aromatic heterocycles. The molecule has 2 heterocycles. The van der Waals surface area contributed by atoms with Gasteiger partial charge < -0.3 is 15.0 Å². The number of halogens is 1. The van der Waals surface area contributed by atoms with E-state index in [0.29, 0.717) is 12.5 Å². The number of amides is 2. The lowest BCUT2D eigenvalue weighted by Crippen LogP contribution is -2.52. The minimum Gasteiger partial charge on any atom is -0.496 e. The zero-order valence-electron chi connectivity index (χ0n) is 20.4. The summed E-state index contributed by atoms with van der Waals surface area (Å²) >= 11 is 6.16. The van der Waals surface area contributed by atoms with Crippen molar-refractivity contribution >= 4 is 23.4 Å². The van der Waals surface area contributed by atoms with E-state index in [1.807, 2.05) is 23.1 Å². The average molecular weight is 491 g/mol. The SMILES string of the molecule is COc1ccc(Cl)cc1CN1CCN(CC(=O)NC2CCN(C(=O)C3CCCCC3)CC2)CC1. The van der Waals surface area contributed by atoms with Crippen LogP contribution in [0.15, 0.2) is 18.2 Å². The number of methoxy groups -OCH3 is 1. The van der Waals surface area contributed by atoms with Crippen LogP contribution in [0.2, 0.25) is 5.02 Å². The Morgan fingerprint density at radius 1 is 0.971 bits per heavy atom. The van der Waals surface area contributed by atoms with Crippen LogP contribution in [0.3, 0.4) is 0 Å². The first-order chi connectivity index (χ1) is 16.5. The number of nitrogens with zero attached hydrogens (tertiary/aromatic N) is 3. The van der Waals surface area contributed by atoms with Crippen LogP contribution in [-0.2, 0) is 16.1 Å². The van der Waals surface area contributed by atoms with Crippen LogP contribution < -0.4 is 10.1 Å². The maximum Gasteiger partial charge on any atom is 0.234 e. The van der Waals surface area contributed by atoms with Gasteiger partial charge in [-0.3, -0.25) is 19.4 Å². The quantitative estimate of drug-likeness (QED) is 0.636. The van der Waals surface area contributed by atoms with Crippen molar-refractivity contribution in [1.82, 2.24) is 20.0 Å². The second-order valence-corrected chi connectivity index (χ2v) is 10.4. The first kappa shape index (κ1) is 25.3. The number of likely N-dealkylation sites (tertiary alicyclic amines) is 1. The molecule has 34 heavy (non-hydrogen) atoms. The fourth-order valence-corrected chi connectivity index (χ4v) is 5.74. The second kappa shape index (κ2) is 12.2. The van der Waals surface area contributed by atoms with Crippen LogP contribution >= 0.6 is 11.6 Å². The van der Waals surface area contributed by atoms with Crippen LogP contribution in [0, 0.1) is 5.92 Å². The fourth-order valence-electron chi connectivity index (χ4n) is 5.55. The van der Waals surface area contributed by atoms with Gasteiger partial charge in [0.25, 0.3) is 0 Å². The Kier molecular flexibility index (Phi) is 9.09. The van der Waals surface area contributed by atoms with E-state index in [1.54, 1.807) is 7.11 Å². The number of ether oxygens (including phenoxy) is 1. The predicted octanol–water partition coefficient (Wildman–Crippen LogP) is 3.15. The molecule has 8 heteroatoms. The van der Waals surface area contributed by atoms with E-state index < -0.39 is 0 Å². The molecular formula is C26H39ClN4O3. The molecule has 0 radical (unpaired) electrons. The minimum absolute atomic E-state index is 0.0991. The minimum atomic E-state index is 0.0991.